The number of aromatic hydroxyl groups is 1. The Hall–Kier alpha value is -4.83. The van der Waals surface area contributed by atoms with Crippen LogP contribution in [0.3, 0.4) is 0 Å². The predicted octanol–water partition coefficient (Wildman–Crippen LogP) is 8.24. The van der Waals surface area contributed by atoms with Gasteiger partial charge < -0.3 is 15.3 Å². The molecule has 3 fully saturated rings. The summed E-state index contributed by atoms with van der Waals surface area (Å²) < 4.78 is 2.25. The molecule has 3 aromatic heterocycles. The molecule has 5 aromatic rings. The number of carbonyl (C=O) groups is 1. The van der Waals surface area contributed by atoms with E-state index >= 15 is 0 Å². The zero-order valence-electron chi connectivity index (χ0n) is 32.3. The molecule has 0 radical (unpaired) electrons. The lowest BCUT2D eigenvalue weighted by atomic mass is 9.56. The summed E-state index contributed by atoms with van der Waals surface area (Å²) >= 11 is 7.39. The van der Waals surface area contributed by atoms with Gasteiger partial charge in [-0.3, -0.25) is 14.7 Å². The van der Waals surface area contributed by atoms with Crippen molar-refractivity contribution in [1.82, 2.24) is 35.6 Å². The number of hydrogen-bond acceptors (Lipinski definition) is 10. The van der Waals surface area contributed by atoms with E-state index in [-0.39, 0.29) is 34.8 Å². The molecular formula is C43H48ClN9O2S. The van der Waals surface area contributed by atoms with E-state index in [1.807, 2.05) is 36.5 Å². The molecule has 5 heterocycles. The third kappa shape index (κ3) is 7.52. The van der Waals surface area contributed by atoms with Crippen LogP contribution in [0.4, 0.5) is 5.69 Å². The first-order chi connectivity index (χ1) is 27.0. The standard InChI is InChI=1S/C36H44N8OS.C7H4ClNO/c1-21-23(3)46-35-31(21)32(37-22(2)33-42-39-24(4)44(33)35)26-10-13-29(14-11-26)43-19-36(20-43)17-25(18-36)16-28-12-15-30(41-40-28)34(45)38-27-8-6-5-7-9-27;8-7-3-6(10)2-1-5(7)4-9/h10-15,22,25,27,32,37H,5-9,16-20H2,1-4H3,(H,38,45);1-3,10H. The number of carbonyl (C=O) groups excluding carboxylic acids is 1. The SMILES string of the molecule is Cc1sc2c(c1C)C(c1ccc(N3CC4(CC(Cc5ccc(C(=O)NC6CCCCC6)nn5)C4)C3)cc1)NC(C)c1nnc(C)n1-2.N#Cc1ccc(O)cc1Cl. The molecular weight excluding hydrogens is 742 g/mol. The van der Waals surface area contributed by atoms with Crippen LogP contribution < -0.4 is 15.5 Å². The fraction of sp³-hybridized carbons (Fsp3) is 0.442. The molecule has 1 saturated heterocycles. The third-order valence-corrected chi connectivity index (χ3v) is 13.6. The second-order valence-corrected chi connectivity index (χ2v) is 17.8. The van der Waals surface area contributed by atoms with Crippen molar-refractivity contribution in [2.75, 3.05) is 18.0 Å². The van der Waals surface area contributed by atoms with E-state index in [0.29, 0.717) is 22.6 Å². The molecule has 2 atom stereocenters. The molecule has 0 bridgehead atoms. The van der Waals surface area contributed by atoms with Crippen LogP contribution in [0.2, 0.25) is 5.02 Å². The number of fused-ring (bicyclic) bond motifs is 3. The first kappa shape index (κ1) is 38.1. The van der Waals surface area contributed by atoms with E-state index in [2.05, 4.69) is 85.5 Å². The predicted molar refractivity (Wildman–Crippen MR) is 219 cm³/mol. The van der Waals surface area contributed by atoms with Crippen molar-refractivity contribution in [2.24, 2.45) is 11.3 Å². The fourth-order valence-corrected chi connectivity index (χ4v) is 10.6. The van der Waals surface area contributed by atoms with Crippen LogP contribution in [0.25, 0.3) is 5.00 Å². The molecule has 2 aromatic carbocycles. The average molecular weight is 790 g/mol. The Balaban J connectivity index is 0.000000386. The Morgan fingerprint density at radius 2 is 1.77 bits per heavy atom. The summed E-state index contributed by atoms with van der Waals surface area (Å²) in [6.07, 6.45) is 9.23. The fourth-order valence-electron chi connectivity index (χ4n) is 9.09. The normalized spacial score (nSPS) is 20.0. The van der Waals surface area contributed by atoms with Gasteiger partial charge in [0.15, 0.2) is 11.5 Å². The van der Waals surface area contributed by atoms with Gasteiger partial charge in [0.1, 0.15) is 22.6 Å². The minimum atomic E-state index is -0.0852. The van der Waals surface area contributed by atoms with Gasteiger partial charge in [0.2, 0.25) is 0 Å². The highest BCUT2D eigenvalue weighted by Crippen LogP contribution is 2.54. The summed E-state index contributed by atoms with van der Waals surface area (Å²) in [7, 11) is 0. The summed E-state index contributed by atoms with van der Waals surface area (Å²) in [4.78, 5) is 16.5. The molecule has 56 heavy (non-hydrogen) atoms. The van der Waals surface area contributed by atoms with E-state index in [0.717, 1.165) is 49.7 Å². The van der Waals surface area contributed by atoms with Crippen LogP contribution >= 0.6 is 22.9 Å². The Morgan fingerprint density at radius 3 is 2.45 bits per heavy atom. The van der Waals surface area contributed by atoms with E-state index < -0.39 is 0 Å². The van der Waals surface area contributed by atoms with E-state index in [1.165, 1.54) is 82.6 Å². The smallest absolute Gasteiger partial charge is 0.272 e. The van der Waals surface area contributed by atoms with Crippen LogP contribution in [0.15, 0.2) is 54.6 Å². The molecule has 1 spiro atoms. The van der Waals surface area contributed by atoms with Crippen molar-refractivity contribution in [1.29, 1.82) is 5.26 Å². The van der Waals surface area contributed by atoms with Gasteiger partial charge in [0, 0.05) is 40.7 Å². The van der Waals surface area contributed by atoms with Crippen LogP contribution in [-0.4, -0.2) is 55.1 Å². The zero-order chi connectivity index (χ0) is 39.1. The summed E-state index contributed by atoms with van der Waals surface area (Å²) in [6.45, 7) is 10.9. The Labute approximate surface area is 337 Å². The number of halogens is 1. The van der Waals surface area contributed by atoms with Crippen molar-refractivity contribution < 1.29 is 9.90 Å². The van der Waals surface area contributed by atoms with Gasteiger partial charge in [0.25, 0.3) is 5.91 Å². The Kier molecular flexibility index (Phi) is 10.6. The number of aromatic nitrogens is 5. The number of aryl methyl sites for hydroxylation is 2. The highest BCUT2D eigenvalue weighted by Gasteiger charge is 2.52. The molecule has 2 unspecified atom stereocenters. The number of anilines is 1. The molecule has 3 N–H and O–H groups in total. The lowest BCUT2D eigenvalue weighted by molar-refractivity contribution is 0.0234. The highest BCUT2D eigenvalue weighted by atomic mass is 35.5. The van der Waals surface area contributed by atoms with Gasteiger partial charge in [-0.1, -0.05) is 43.0 Å². The number of thiophene rings is 1. The van der Waals surface area contributed by atoms with Gasteiger partial charge in [-0.05, 0) is 119 Å². The average Bonchev–Trinajstić information content (AvgIpc) is 3.65. The van der Waals surface area contributed by atoms with Crippen molar-refractivity contribution in [3.8, 4) is 16.8 Å². The van der Waals surface area contributed by atoms with Gasteiger partial charge in [0.05, 0.1) is 28.4 Å². The van der Waals surface area contributed by atoms with Gasteiger partial charge in [-0.25, -0.2) is 0 Å². The van der Waals surface area contributed by atoms with Crippen molar-refractivity contribution in [3.05, 3.63) is 110 Å². The zero-order valence-corrected chi connectivity index (χ0v) is 33.9. The maximum atomic E-state index is 12.6. The molecule has 11 nitrogen and oxygen atoms in total. The molecule has 2 aliphatic heterocycles. The molecule has 13 heteroatoms. The second kappa shape index (κ2) is 15.6. The van der Waals surface area contributed by atoms with Crippen LogP contribution in [-0.2, 0) is 6.42 Å². The molecule has 1 amide bonds. The third-order valence-electron chi connectivity index (χ3n) is 12.1. The number of nitriles is 1. The minimum Gasteiger partial charge on any atom is -0.508 e. The number of phenolic OH excluding ortho intramolecular Hbond substituents is 1. The summed E-state index contributed by atoms with van der Waals surface area (Å²) in [5.74, 6) is 2.54. The van der Waals surface area contributed by atoms with E-state index in [9.17, 15) is 4.79 Å². The van der Waals surface area contributed by atoms with Crippen molar-refractivity contribution in [3.63, 3.8) is 0 Å². The lowest BCUT2D eigenvalue weighted by Crippen LogP contribution is -2.62. The number of nitrogens with zero attached hydrogens (tertiary/aromatic N) is 7. The molecule has 2 saturated carbocycles. The molecule has 2 aliphatic carbocycles. The number of phenols is 1. The Morgan fingerprint density at radius 1 is 1.02 bits per heavy atom. The summed E-state index contributed by atoms with van der Waals surface area (Å²) in [6, 6.07) is 19.6. The first-order valence-electron chi connectivity index (χ1n) is 19.7. The first-order valence-corrected chi connectivity index (χ1v) is 20.9. The maximum absolute atomic E-state index is 12.6. The summed E-state index contributed by atoms with van der Waals surface area (Å²) in [5.41, 5.74) is 7.52. The topological polar surface area (TPSA) is 145 Å². The number of benzene rings is 2. The van der Waals surface area contributed by atoms with Crippen molar-refractivity contribution >= 4 is 34.5 Å². The largest absolute Gasteiger partial charge is 0.508 e. The van der Waals surface area contributed by atoms with Gasteiger partial charge in [-0.2, -0.15) is 10.4 Å². The van der Waals surface area contributed by atoms with Crippen LogP contribution in [0.1, 0.15) is 119 Å². The van der Waals surface area contributed by atoms with E-state index in [1.54, 1.807) is 0 Å². The minimum absolute atomic E-state index is 0.0731. The van der Waals surface area contributed by atoms with E-state index in [4.69, 9.17) is 22.0 Å². The highest BCUT2D eigenvalue weighted by molar-refractivity contribution is 7.14. The number of nitrogens with one attached hydrogen (secondary N) is 2. The number of amides is 1. The van der Waals surface area contributed by atoms with Gasteiger partial charge in [-0.15, -0.1) is 26.6 Å². The van der Waals surface area contributed by atoms with Crippen LogP contribution in [0, 0.1) is 43.4 Å². The lowest BCUT2D eigenvalue weighted by Gasteiger charge is -2.60. The molecule has 4 aliphatic rings. The monoisotopic (exact) mass is 789 g/mol. The number of hydrogen-bond donors (Lipinski definition) is 3. The van der Waals surface area contributed by atoms with Gasteiger partial charge >= 0.3 is 0 Å². The van der Waals surface area contributed by atoms with Crippen molar-refractivity contribution in [2.45, 2.75) is 97.2 Å². The maximum Gasteiger partial charge on any atom is 0.272 e. The molecule has 9 rings (SSSR count). The number of rotatable bonds is 6. The summed E-state index contributed by atoms with van der Waals surface area (Å²) in [5, 5.41) is 43.4. The molecule has 290 valence electrons. The van der Waals surface area contributed by atoms with Crippen LogP contribution in [0.5, 0.6) is 5.75 Å². The quantitative estimate of drug-likeness (QED) is 0.155. The second-order valence-electron chi connectivity index (χ2n) is 16.2. The Bertz CT molecular complexity index is 2260.